The third kappa shape index (κ3) is 3.38. The number of aliphatic imine (C=N–C) groups is 1. The number of hydrogen-bond acceptors (Lipinski definition) is 6. The number of non-ortho nitro benzene ring substituents is 1. The summed E-state index contributed by atoms with van der Waals surface area (Å²) in [5.74, 6) is -0.130. The van der Waals surface area contributed by atoms with Crippen LogP contribution in [0.25, 0.3) is 0 Å². The Labute approximate surface area is 153 Å². The van der Waals surface area contributed by atoms with Crippen LogP contribution in [-0.4, -0.2) is 40.3 Å². The number of nitrogens with zero attached hydrogens (tertiary/aromatic N) is 2. The molecule has 3 atom stereocenters. The largest absolute Gasteiger partial charge is 0.465 e. The minimum Gasteiger partial charge on any atom is -0.465 e. The van der Waals surface area contributed by atoms with Crippen molar-refractivity contribution in [3.05, 3.63) is 39.7 Å². The fourth-order valence-corrected chi connectivity index (χ4v) is 4.89. The van der Waals surface area contributed by atoms with E-state index < -0.39 is 22.4 Å². The number of hydrogen-bond donors (Lipinski definition) is 2. The van der Waals surface area contributed by atoms with E-state index in [9.17, 15) is 19.3 Å². The quantitative estimate of drug-likeness (QED) is 0.612. The fourth-order valence-electron chi connectivity index (χ4n) is 3.70. The Morgan fingerprint density at radius 2 is 2.31 bits per heavy atom. The van der Waals surface area contributed by atoms with Crippen molar-refractivity contribution in [2.45, 2.75) is 30.9 Å². The van der Waals surface area contributed by atoms with Gasteiger partial charge in [-0.2, -0.15) is 0 Å². The summed E-state index contributed by atoms with van der Waals surface area (Å²) in [6.45, 7) is 0. The smallest absolute Gasteiger partial charge is 0.410 e. The van der Waals surface area contributed by atoms with Gasteiger partial charge in [-0.3, -0.25) is 20.4 Å². The molecule has 3 rings (SSSR count). The highest BCUT2D eigenvalue weighted by Crippen LogP contribution is 2.50. The molecule has 1 aromatic carbocycles. The summed E-state index contributed by atoms with van der Waals surface area (Å²) in [6.07, 6.45) is 0.359. The Balaban J connectivity index is 2.16. The van der Waals surface area contributed by atoms with E-state index in [-0.39, 0.29) is 28.4 Å². The summed E-state index contributed by atoms with van der Waals surface area (Å²) in [5.41, 5.74) is -1.21. The molecule has 0 saturated heterocycles. The van der Waals surface area contributed by atoms with Gasteiger partial charge in [-0.25, -0.2) is 9.18 Å². The number of benzene rings is 1. The average molecular weight is 383 g/mol. The first-order valence-corrected chi connectivity index (χ1v) is 9.04. The molecule has 26 heavy (non-hydrogen) atoms. The minimum absolute atomic E-state index is 0.0743. The minimum atomic E-state index is -1.26. The number of carbonyl (C=O) groups is 1. The molecule has 2 N–H and O–H groups in total. The van der Waals surface area contributed by atoms with Crippen molar-refractivity contribution in [2.24, 2.45) is 10.9 Å². The summed E-state index contributed by atoms with van der Waals surface area (Å²) in [5, 5.41) is 22.6. The van der Waals surface area contributed by atoms with E-state index in [1.165, 1.54) is 17.8 Å². The van der Waals surface area contributed by atoms with Crippen LogP contribution in [0.1, 0.15) is 24.8 Å². The van der Waals surface area contributed by atoms with Gasteiger partial charge < -0.3 is 9.84 Å². The lowest BCUT2D eigenvalue weighted by molar-refractivity contribution is -0.385. The number of amidine groups is 1. The molecule has 1 aliphatic heterocycles. The van der Waals surface area contributed by atoms with E-state index in [2.05, 4.69) is 10.3 Å². The zero-order chi connectivity index (χ0) is 18.9. The highest BCUT2D eigenvalue weighted by atomic mass is 32.2. The number of nitro groups is 1. The molecule has 0 spiro atoms. The maximum atomic E-state index is 14.7. The zero-order valence-electron chi connectivity index (χ0n) is 14.0. The summed E-state index contributed by atoms with van der Waals surface area (Å²) < 4.78 is 20.2. The molecule has 1 amide bonds. The first-order chi connectivity index (χ1) is 12.4. The Bertz CT molecular complexity index is 774. The summed E-state index contributed by atoms with van der Waals surface area (Å²) in [6, 6.07) is 3.38. The third-order valence-corrected chi connectivity index (χ3v) is 5.98. The molecule has 140 valence electrons. The molecule has 0 bridgehead atoms. The molecule has 1 saturated carbocycles. The molecule has 0 radical (unpaired) electrons. The van der Waals surface area contributed by atoms with Crippen molar-refractivity contribution in [1.82, 2.24) is 5.32 Å². The second-order valence-corrected chi connectivity index (χ2v) is 7.35. The fraction of sp³-hybridized carbons (Fsp3) is 0.500. The lowest BCUT2D eigenvalue weighted by atomic mass is 9.68. The van der Waals surface area contributed by atoms with E-state index in [0.717, 1.165) is 18.6 Å². The van der Waals surface area contributed by atoms with Crippen LogP contribution in [0.5, 0.6) is 0 Å². The van der Waals surface area contributed by atoms with Gasteiger partial charge in [-0.15, -0.1) is 0 Å². The SMILES string of the molecule is CO[C@@H]1CC[C@H]2CSC(NC(=O)O)=N[C@@]2(c2cc([N+](=O)[O-])ccc2F)C1. The van der Waals surface area contributed by atoms with E-state index in [1.807, 2.05) is 0 Å². The monoisotopic (exact) mass is 383 g/mol. The molecule has 1 heterocycles. The number of amides is 1. The molecule has 1 fully saturated rings. The predicted molar refractivity (Wildman–Crippen MR) is 93.9 cm³/mol. The van der Waals surface area contributed by atoms with Crippen molar-refractivity contribution in [1.29, 1.82) is 0 Å². The molecule has 1 aromatic rings. The zero-order valence-corrected chi connectivity index (χ0v) is 14.8. The normalized spacial score (nSPS) is 28.0. The number of nitro benzene ring substituents is 1. The first-order valence-electron chi connectivity index (χ1n) is 8.05. The van der Waals surface area contributed by atoms with Gasteiger partial charge in [-0.1, -0.05) is 11.8 Å². The predicted octanol–water partition coefficient (Wildman–Crippen LogP) is 3.11. The molecule has 2 aliphatic rings. The van der Waals surface area contributed by atoms with Gasteiger partial charge >= 0.3 is 6.09 Å². The van der Waals surface area contributed by atoms with Crippen LogP contribution in [0.15, 0.2) is 23.2 Å². The first kappa shape index (κ1) is 18.6. The van der Waals surface area contributed by atoms with Crippen LogP contribution < -0.4 is 5.32 Å². The number of rotatable bonds is 3. The van der Waals surface area contributed by atoms with Gasteiger partial charge in [0.1, 0.15) is 5.82 Å². The number of carboxylic acid groups (broad SMARTS) is 1. The van der Waals surface area contributed by atoms with Crippen LogP contribution in [0.4, 0.5) is 14.9 Å². The molecule has 1 aliphatic carbocycles. The highest BCUT2D eigenvalue weighted by Gasteiger charge is 2.49. The van der Waals surface area contributed by atoms with Crippen LogP contribution in [0.2, 0.25) is 0 Å². The number of methoxy groups -OCH3 is 1. The Morgan fingerprint density at radius 1 is 1.54 bits per heavy atom. The van der Waals surface area contributed by atoms with Crippen molar-refractivity contribution >= 4 is 28.7 Å². The maximum absolute atomic E-state index is 14.7. The van der Waals surface area contributed by atoms with E-state index in [1.54, 1.807) is 7.11 Å². The van der Waals surface area contributed by atoms with Gasteiger partial charge in [0.05, 0.1) is 16.6 Å². The van der Waals surface area contributed by atoms with Gasteiger partial charge in [0.15, 0.2) is 5.17 Å². The van der Waals surface area contributed by atoms with E-state index in [0.29, 0.717) is 18.6 Å². The number of thioether (sulfide) groups is 1. The van der Waals surface area contributed by atoms with Gasteiger partial charge in [0.25, 0.3) is 5.69 Å². The topological polar surface area (TPSA) is 114 Å². The number of fused-ring (bicyclic) bond motifs is 1. The van der Waals surface area contributed by atoms with Crippen molar-refractivity contribution < 1.29 is 24.0 Å². The number of ether oxygens (including phenoxy) is 1. The van der Waals surface area contributed by atoms with Crippen LogP contribution in [0.3, 0.4) is 0 Å². The Morgan fingerprint density at radius 3 is 2.96 bits per heavy atom. The third-order valence-electron chi connectivity index (χ3n) is 4.95. The molecule has 0 aromatic heterocycles. The molecular formula is C16H18FN3O5S. The molecular weight excluding hydrogens is 365 g/mol. The standard InChI is InChI=1S/C16H18FN3O5S/c1-25-11-4-2-9-8-26-14(18-15(21)22)19-16(9,7-11)12-6-10(20(23)24)3-5-13(12)17/h3,5-6,9,11H,2,4,7-8H2,1H3,(H,18,19)(H,21,22)/t9-,11+,16-/m0/s1. The number of halogens is 1. The summed E-state index contributed by atoms with van der Waals surface area (Å²) >= 11 is 1.26. The van der Waals surface area contributed by atoms with Crippen LogP contribution in [0, 0.1) is 21.8 Å². The van der Waals surface area contributed by atoms with E-state index >= 15 is 0 Å². The molecule has 8 nitrogen and oxygen atoms in total. The van der Waals surface area contributed by atoms with Crippen LogP contribution in [-0.2, 0) is 10.3 Å². The Kier molecular flexibility index (Phi) is 5.15. The maximum Gasteiger partial charge on any atom is 0.410 e. The summed E-state index contributed by atoms with van der Waals surface area (Å²) in [4.78, 5) is 26.1. The van der Waals surface area contributed by atoms with Crippen LogP contribution >= 0.6 is 11.8 Å². The van der Waals surface area contributed by atoms with Crippen molar-refractivity contribution in [3.8, 4) is 0 Å². The second kappa shape index (κ2) is 7.20. The highest BCUT2D eigenvalue weighted by molar-refractivity contribution is 8.13. The van der Waals surface area contributed by atoms with Crippen molar-refractivity contribution in [2.75, 3.05) is 12.9 Å². The lowest BCUT2D eigenvalue weighted by Crippen LogP contribution is -2.48. The lowest BCUT2D eigenvalue weighted by Gasteiger charge is -2.46. The number of nitrogens with one attached hydrogen (secondary N) is 1. The second-order valence-electron chi connectivity index (χ2n) is 6.34. The van der Waals surface area contributed by atoms with Gasteiger partial charge in [0.2, 0.25) is 0 Å². The molecule has 0 unspecified atom stereocenters. The molecule has 10 heteroatoms. The Hall–Kier alpha value is -2.20. The average Bonchev–Trinajstić information content (AvgIpc) is 2.60. The van der Waals surface area contributed by atoms with Crippen molar-refractivity contribution in [3.63, 3.8) is 0 Å². The van der Waals surface area contributed by atoms with Gasteiger partial charge in [0, 0.05) is 37.0 Å². The summed E-state index contributed by atoms with van der Waals surface area (Å²) in [7, 11) is 1.56. The van der Waals surface area contributed by atoms with Gasteiger partial charge in [-0.05, 0) is 24.8 Å². The van der Waals surface area contributed by atoms with E-state index in [4.69, 9.17) is 9.84 Å².